The fraction of sp³-hybridized carbons (Fsp3) is 0.500. The molecule has 1 aliphatic carbocycles. The molecule has 0 spiro atoms. The van der Waals surface area contributed by atoms with E-state index < -0.39 is 0 Å². The third-order valence-corrected chi connectivity index (χ3v) is 4.35. The molecule has 0 bridgehead atoms. The first-order valence-corrected chi connectivity index (χ1v) is 7.59. The van der Waals surface area contributed by atoms with Crippen LogP contribution in [-0.2, 0) is 4.79 Å². The third-order valence-electron chi connectivity index (χ3n) is 4.35. The lowest BCUT2D eigenvalue weighted by molar-refractivity contribution is -0.130. The minimum absolute atomic E-state index is 0.129. The van der Waals surface area contributed by atoms with Gasteiger partial charge in [-0.1, -0.05) is 19.8 Å². The average Bonchev–Trinajstić information content (AvgIpc) is 2.99. The Morgan fingerprint density at radius 1 is 1.05 bits per heavy atom. The van der Waals surface area contributed by atoms with Crippen LogP contribution in [0.4, 0.5) is 0 Å². The Balaban J connectivity index is 1.61. The number of amides is 2. The van der Waals surface area contributed by atoms with Crippen LogP contribution < -0.4 is 20.3 Å². The Labute approximate surface area is 129 Å². The first-order valence-electron chi connectivity index (χ1n) is 7.59. The predicted molar refractivity (Wildman–Crippen MR) is 79.6 cm³/mol. The summed E-state index contributed by atoms with van der Waals surface area (Å²) in [4.78, 5) is 24.3. The van der Waals surface area contributed by atoms with Crippen molar-refractivity contribution in [3.05, 3.63) is 23.8 Å². The van der Waals surface area contributed by atoms with Gasteiger partial charge in [0.25, 0.3) is 5.91 Å². The van der Waals surface area contributed by atoms with Crippen LogP contribution in [0.5, 0.6) is 11.5 Å². The zero-order valence-electron chi connectivity index (χ0n) is 12.6. The van der Waals surface area contributed by atoms with Crippen LogP contribution in [0.1, 0.15) is 43.0 Å². The number of fused-ring (bicyclic) bond motifs is 1. The Bertz CT molecular complexity index is 594. The molecular weight excluding hydrogens is 284 g/mol. The standard InChI is InChI=1S/C16H20N2O4/c1-16(6-2-3-7-16)15(20)18-17-14(19)11-4-5-12-13(10-11)22-9-8-21-12/h4-5,10H,2-3,6-9H2,1H3,(H,17,19)(H,18,20). The molecule has 1 aliphatic heterocycles. The number of nitrogens with one attached hydrogen (secondary N) is 2. The molecule has 22 heavy (non-hydrogen) atoms. The van der Waals surface area contributed by atoms with E-state index >= 15 is 0 Å². The summed E-state index contributed by atoms with van der Waals surface area (Å²) in [7, 11) is 0. The van der Waals surface area contributed by atoms with Crippen LogP contribution >= 0.6 is 0 Å². The molecule has 0 aromatic heterocycles. The van der Waals surface area contributed by atoms with Gasteiger partial charge in [-0.2, -0.15) is 0 Å². The summed E-state index contributed by atoms with van der Waals surface area (Å²) < 4.78 is 10.9. The summed E-state index contributed by atoms with van der Waals surface area (Å²) in [5.74, 6) is 0.682. The van der Waals surface area contributed by atoms with Gasteiger partial charge in [0.05, 0.1) is 0 Å². The zero-order chi connectivity index (χ0) is 15.6. The van der Waals surface area contributed by atoms with Crippen LogP contribution in [0.2, 0.25) is 0 Å². The second-order valence-corrected chi connectivity index (χ2v) is 6.03. The lowest BCUT2D eigenvalue weighted by Gasteiger charge is -2.22. The second kappa shape index (κ2) is 5.87. The zero-order valence-corrected chi connectivity index (χ0v) is 12.6. The van der Waals surface area contributed by atoms with Crippen LogP contribution in [-0.4, -0.2) is 25.0 Å². The second-order valence-electron chi connectivity index (χ2n) is 6.03. The Hall–Kier alpha value is -2.24. The van der Waals surface area contributed by atoms with Crippen LogP contribution in [0.25, 0.3) is 0 Å². The molecule has 1 heterocycles. The molecule has 0 radical (unpaired) electrons. The largest absolute Gasteiger partial charge is 0.486 e. The number of rotatable bonds is 2. The molecule has 1 fully saturated rings. The first-order chi connectivity index (χ1) is 10.6. The highest BCUT2D eigenvalue weighted by Gasteiger charge is 2.36. The molecule has 0 unspecified atom stereocenters. The molecule has 118 valence electrons. The van der Waals surface area contributed by atoms with Crippen molar-refractivity contribution in [1.29, 1.82) is 0 Å². The summed E-state index contributed by atoms with van der Waals surface area (Å²) in [6.45, 7) is 2.91. The van der Waals surface area contributed by atoms with Crippen LogP contribution in [0.15, 0.2) is 18.2 Å². The van der Waals surface area contributed by atoms with E-state index in [2.05, 4.69) is 10.9 Å². The maximum absolute atomic E-state index is 12.2. The molecule has 1 aromatic carbocycles. The SMILES string of the molecule is CC1(C(=O)NNC(=O)c2ccc3c(c2)OCCO3)CCCC1. The summed E-state index contributed by atoms with van der Waals surface area (Å²) >= 11 is 0. The molecule has 0 saturated heterocycles. The number of hydrazine groups is 1. The lowest BCUT2D eigenvalue weighted by Crippen LogP contribution is -2.47. The highest BCUT2D eigenvalue weighted by atomic mass is 16.6. The molecule has 1 aromatic rings. The normalized spacial score (nSPS) is 18.6. The highest BCUT2D eigenvalue weighted by Crippen LogP contribution is 2.37. The van der Waals surface area contributed by atoms with E-state index in [1.165, 1.54) is 0 Å². The van der Waals surface area contributed by atoms with E-state index in [1.54, 1.807) is 18.2 Å². The lowest BCUT2D eigenvalue weighted by atomic mass is 9.88. The first kappa shape index (κ1) is 14.7. The van der Waals surface area contributed by atoms with Gasteiger partial charge in [0, 0.05) is 11.0 Å². The van der Waals surface area contributed by atoms with Gasteiger partial charge in [-0.05, 0) is 31.0 Å². The van der Waals surface area contributed by atoms with Crippen molar-refractivity contribution >= 4 is 11.8 Å². The molecule has 3 rings (SSSR count). The van der Waals surface area contributed by atoms with Crippen molar-refractivity contribution in [3.63, 3.8) is 0 Å². The number of ether oxygens (including phenoxy) is 2. The Morgan fingerprint density at radius 2 is 1.73 bits per heavy atom. The van der Waals surface area contributed by atoms with Gasteiger partial charge in [0.1, 0.15) is 13.2 Å². The van der Waals surface area contributed by atoms with E-state index in [0.717, 1.165) is 25.7 Å². The smallest absolute Gasteiger partial charge is 0.269 e. The highest BCUT2D eigenvalue weighted by molar-refractivity contribution is 5.96. The number of carbonyl (C=O) groups excluding carboxylic acids is 2. The van der Waals surface area contributed by atoms with Gasteiger partial charge in [-0.25, -0.2) is 0 Å². The van der Waals surface area contributed by atoms with E-state index in [4.69, 9.17) is 9.47 Å². The predicted octanol–water partition coefficient (Wildman–Crippen LogP) is 1.80. The monoisotopic (exact) mass is 304 g/mol. The summed E-state index contributed by atoms with van der Waals surface area (Å²) in [5.41, 5.74) is 5.05. The van der Waals surface area contributed by atoms with Crippen LogP contribution in [0, 0.1) is 5.41 Å². The molecule has 2 N–H and O–H groups in total. The van der Waals surface area contributed by atoms with Crippen molar-refractivity contribution in [3.8, 4) is 11.5 Å². The molecule has 2 aliphatic rings. The van der Waals surface area contributed by atoms with E-state index in [0.29, 0.717) is 30.3 Å². The minimum atomic E-state index is -0.375. The maximum Gasteiger partial charge on any atom is 0.269 e. The van der Waals surface area contributed by atoms with Gasteiger partial charge in [0.2, 0.25) is 5.91 Å². The minimum Gasteiger partial charge on any atom is -0.486 e. The number of carbonyl (C=O) groups is 2. The summed E-state index contributed by atoms with van der Waals surface area (Å²) in [6, 6.07) is 4.96. The Kier molecular flexibility index (Phi) is 3.92. The number of hydrogen-bond acceptors (Lipinski definition) is 4. The van der Waals surface area contributed by atoms with Gasteiger partial charge in [-0.15, -0.1) is 0 Å². The quantitative estimate of drug-likeness (QED) is 0.817. The van der Waals surface area contributed by atoms with Gasteiger partial charge in [-0.3, -0.25) is 20.4 Å². The van der Waals surface area contributed by atoms with Gasteiger partial charge >= 0.3 is 0 Å². The average molecular weight is 304 g/mol. The fourth-order valence-electron chi connectivity index (χ4n) is 2.90. The molecule has 6 nitrogen and oxygen atoms in total. The molecule has 0 atom stereocenters. The summed E-state index contributed by atoms with van der Waals surface area (Å²) in [5, 5.41) is 0. The van der Waals surface area contributed by atoms with Crippen molar-refractivity contribution < 1.29 is 19.1 Å². The topological polar surface area (TPSA) is 76.7 Å². The van der Waals surface area contributed by atoms with Crippen LogP contribution in [0.3, 0.4) is 0 Å². The van der Waals surface area contributed by atoms with Crippen molar-refractivity contribution in [2.24, 2.45) is 5.41 Å². The number of benzene rings is 1. The van der Waals surface area contributed by atoms with Crippen molar-refractivity contribution in [2.45, 2.75) is 32.6 Å². The third kappa shape index (κ3) is 2.86. The maximum atomic E-state index is 12.2. The molecule has 1 saturated carbocycles. The molecular formula is C16H20N2O4. The van der Waals surface area contributed by atoms with Crippen molar-refractivity contribution in [1.82, 2.24) is 10.9 Å². The van der Waals surface area contributed by atoms with Gasteiger partial charge in [0.15, 0.2) is 11.5 Å². The Morgan fingerprint density at radius 3 is 2.45 bits per heavy atom. The summed E-state index contributed by atoms with van der Waals surface area (Å²) in [6.07, 6.45) is 3.83. The molecule has 6 heteroatoms. The molecule has 2 amide bonds. The van der Waals surface area contributed by atoms with E-state index in [1.807, 2.05) is 6.92 Å². The van der Waals surface area contributed by atoms with Crippen molar-refractivity contribution in [2.75, 3.05) is 13.2 Å². The van der Waals surface area contributed by atoms with Gasteiger partial charge < -0.3 is 9.47 Å². The van der Waals surface area contributed by atoms with E-state index in [-0.39, 0.29) is 17.2 Å². The van der Waals surface area contributed by atoms with E-state index in [9.17, 15) is 9.59 Å². The number of hydrogen-bond donors (Lipinski definition) is 2. The fourth-order valence-corrected chi connectivity index (χ4v) is 2.90.